The number of rotatable bonds is 5. The number of aryl methyl sites for hydroxylation is 1. The molecule has 0 aliphatic carbocycles. The van der Waals surface area contributed by atoms with Crippen LogP contribution in [-0.4, -0.2) is 48.4 Å². The molecule has 0 unspecified atom stereocenters. The molecule has 156 valence electrons. The van der Waals surface area contributed by atoms with Gasteiger partial charge in [-0.3, -0.25) is 9.69 Å². The van der Waals surface area contributed by atoms with Crippen LogP contribution in [0.2, 0.25) is 0 Å². The Morgan fingerprint density at radius 2 is 1.90 bits per heavy atom. The lowest BCUT2D eigenvalue weighted by atomic mass is 9.86. The summed E-state index contributed by atoms with van der Waals surface area (Å²) in [5.41, 5.74) is 0.656. The Morgan fingerprint density at radius 1 is 1.17 bits per heavy atom. The van der Waals surface area contributed by atoms with Gasteiger partial charge in [0.2, 0.25) is 5.91 Å². The fraction of sp³-hybridized carbons (Fsp3) is 0.522. The van der Waals surface area contributed by atoms with Crippen molar-refractivity contribution in [3.05, 3.63) is 53.7 Å². The van der Waals surface area contributed by atoms with Crippen LogP contribution in [0.3, 0.4) is 0 Å². The van der Waals surface area contributed by atoms with Gasteiger partial charge in [0.1, 0.15) is 17.3 Å². The Kier molecular flexibility index (Phi) is 6.01. The summed E-state index contributed by atoms with van der Waals surface area (Å²) in [6.07, 6.45) is 3.20. The van der Waals surface area contributed by atoms with Gasteiger partial charge in [-0.25, -0.2) is 4.39 Å². The minimum Gasteiger partial charge on any atom is -0.465 e. The maximum atomic E-state index is 13.1. The van der Waals surface area contributed by atoms with Crippen molar-refractivity contribution in [3.8, 4) is 0 Å². The Bertz CT molecular complexity index is 827. The number of carbonyl (C=O) groups excluding carboxylic acids is 1. The zero-order valence-electron chi connectivity index (χ0n) is 17.2. The quantitative estimate of drug-likeness (QED) is 0.829. The summed E-state index contributed by atoms with van der Waals surface area (Å²) in [6.45, 7) is 5.78. The number of carbonyl (C=O) groups is 1. The van der Waals surface area contributed by atoms with Crippen LogP contribution >= 0.6 is 0 Å². The summed E-state index contributed by atoms with van der Waals surface area (Å²) in [5, 5.41) is 2.94. The number of hydrogen-bond donors (Lipinski definition) is 1. The van der Waals surface area contributed by atoms with E-state index in [0.717, 1.165) is 57.0 Å². The molecule has 4 rings (SSSR count). The Hall–Kier alpha value is -2.18. The topological polar surface area (TPSA) is 48.7 Å². The summed E-state index contributed by atoms with van der Waals surface area (Å²) in [7, 11) is 2.13. The molecular formula is C23H30FN3O2. The van der Waals surface area contributed by atoms with Crippen molar-refractivity contribution in [1.82, 2.24) is 9.80 Å². The number of halogens is 1. The number of nitrogens with zero attached hydrogens (tertiary/aromatic N) is 2. The van der Waals surface area contributed by atoms with Crippen molar-refractivity contribution in [2.45, 2.75) is 38.8 Å². The number of anilines is 1. The van der Waals surface area contributed by atoms with Gasteiger partial charge in [0.05, 0.1) is 12.5 Å². The minimum absolute atomic E-state index is 0.0147. The number of benzene rings is 1. The Labute approximate surface area is 171 Å². The molecule has 5 nitrogen and oxygen atoms in total. The predicted octanol–water partition coefficient (Wildman–Crippen LogP) is 3.90. The van der Waals surface area contributed by atoms with Crippen molar-refractivity contribution in [1.29, 1.82) is 0 Å². The Morgan fingerprint density at radius 3 is 2.55 bits per heavy atom. The molecule has 2 aliphatic heterocycles. The molecule has 0 radical (unpaired) electrons. The largest absolute Gasteiger partial charge is 0.465 e. The van der Waals surface area contributed by atoms with Gasteiger partial charge in [0, 0.05) is 18.3 Å². The molecule has 0 saturated carbocycles. The summed E-state index contributed by atoms with van der Waals surface area (Å²) in [5.74, 6) is 2.36. The van der Waals surface area contributed by atoms with E-state index in [1.165, 1.54) is 12.1 Å². The van der Waals surface area contributed by atoms with Gasteiger partial charge in [0.25, 0.3) is 0 Å². The molecule has 1 aromatic heterocycles. The van der Waals surface area contributed by atoms with E-state index in [9.17, 15) is 9.18 Å². The average Bonchev–Trinajstić information content (AvgIpc) is 3.30. The van der Waals surface area contributed by atoms with Crippen LogP contribution in [0.4, 0.5) is 10.1 Å². The lowest BCUT2D eigenvalue weighted by molar-refractivity contribution is -0.119. The average molecular weight is 400 g/mol. The van der Waals surface area contributed by atoms with Crippen LogP contribution in [0.25, 0.3) is 0 Å². The second kappa shape index (κ2) is 8.67. The lowest BCUT2D eigenvalue weighted by Crippen LogP contribution is -2.41. The van der Waals surface area contributed by atoms with Crippen LogP contribution in [0.1, 0.15) is 30.8 Å². The molecule has 3 heterocycles. The minimum atomic E-state index is -0.294. The fourth-order valence-corrected chi connectivity index (χ4v) is 4.84. The standard InChI is InChI=1S/C23H30FN3O2/c1-16-3-8-21(29-16)15-27-11-9-17(10-12-27)22-13-18(14-26(22)2)23(28)25-20-6-4-19(24)5-7-20/h3-8,17-18,22H,9-15H2,1-2H3,(H,25,28)/t18-,22+/m0/s1. The van der Waals surface area contributed by atoms with Crippen molar-refractivity contribution in [2.24, 2.45) is 11.8 Å². The number of likely N-dealkylation sites (tertiary alicyclic amines) is 2. The van der Waals surface area contributed by atoms with Gasteiger partial charge in [0.15, 0.2) is 0 Å². The van der Waals surface area contributed by atoms with E-state index in [4.69, 9.17) is 4.42 Å². The van der Waals surface area contributed by atoms with Crippen LogP contribution < -0.4 is 5.32 Å². The van der Waals surface area contributed by atoms with E-state index in [-0.39, 0.29) is 17.6 Å². The van der Waals surface area contributed by atoms with Crippen LogP contribution in [0.15, 0.2) is 40.8 Å². The summed E-state index contributed by atoms with van der Waals surface area (Å²) < 4.78 is 18.8. The van der Waals surface area contributed by atoms with Crippen LogP contribution in [0, 0.1) is 24.6 Å². The summed E-state index contributed by atoms with van der Waals surface area (Å²) in [6, 6.07) is 10.5. The fourth-order valence-electron chi connectivity index (χ4n) is 4.84. The molecule has 1 aromatic carbocycles. The van der Waals surface area contributed by atoms with Gasteiger partial charge < -0.3 is 14.6 Å². The number of piperidine rings is 1. The molecule has 2 saturated heterocycles. The molecule has 29 heavy (non-hydrogen) atoms. The molecule has 2 fully saturated rings. The van der Waals surface area contributed by atoms with Gasteiger partial charge >= 0.3 is 0 Å². The van der Waals surface area contributed by atoms with Crippen molar-refractivity contribution in [2.75, 3.05) is 32.0 Å². The first-order valence-electron chi connectivity index (χ1n) is 10.5. The van der Waals surface area contributed by atoms with Crippen molar-refractivity contribution < 1.29 is 13.6 Å². The first-order valence-corrected chi connectivity index (χ1v) is 10.5. The van der Waals surface area contributed by atoms with Gasteiger partial charge in [-0.2, -0.15) is 0 Å². The lowest BCUT2D eigenvalue weighted by Gasteiger charge is -2.36. The molecule has 2 aliphatic rings. The maximum absolute atomic E-state index is 13.1. The zero-order chi connectivity index (χ0) is 20.4. The van der Waals surface area contributed by atoms with Gasteiger partial charge in [-0.1, -0.05) is 0 Å². The Balaban J connectivity index is 1.27. The van der Waals surface area contributed by atoms with E-state index >= 15 is 0 Å². The third kappa shape index (κ3) is 4.87. The summed E-state index contributed by atoms with van der Waals surface area (Å²) in [4.78, 5) is 17.5. The molecule has 0 spiro atoms. The van der Waals surface area contributed by atoms with Gasteiger partial charge in [-0.05, 0) is 88.6 Å². The smallest absolute Gasteiger partial charge is 0.228 e. The first kappa shape index (κ1) is 20.1. The highest BCUT2D eigenvalue weighted by molar-refractivity contribution is 5.92. The number of nitrogens with one attached hydrogen (secondary N) is 1. The third-order valence-electron chi connectivity index (χ3n) is 6.43. The molecular weight excluding hydrogens is 369 g/mol. The van der Waals surface area contributed by atoms with E-state index in [0.29, 0.717) is 17.6 Å². The highest BCUT2D eigenvalue weighted by Crippen LogP contribution is 2.33. The number of amides is 1. The van der Waals surface area contributed by atoms with Crippen LogP contribution in [0.5, 0.6) is 0 Å². The molecule has 2 atom stereocenters. The second-order valence-electron chi connectivity index (χ2n) is 8.56. The highest BCUT2D eigenvalue weighted by atomic mass is 19.1. The molecule has 2 aromatic rings. The second-order valence-corrected chi connectivity index (χ2v) is 8.56. The van der Waals surface area contributed by atoms with Crippen molar-refractivity contribution in [3.63, 3.8) is 0 Å². The molecule has 0 bridgehead atoms. The molecule has 1 amide bonds. The van der Waals surface area contributed by atoms with E-state index in [1.807, 2.05) is 13.0 Å². The third-order valence-corrected chi connectivity index (χ3v) is 6.43. The predicted molar refractivity (Wildman–Crippen MR) is 111 cm³/mol. The van der Waals surface area contributed by atoms with E-state index in [1.54, 1.807) is 12.1 Å². The van der Waals surface area contributed by atoms with E-state index in [2.05, 4.69) is 28.2 Å². The normalized spacial score (nSPS) is 24.1. The van der Waals surface area contributed by atoms with Crippen molar-refractivity contribution >= 4 is 11.6 Å². The first-order chi connectivity index (χ1) is 14.0. The maximum Gasteiger partial charge on any atom is 0.228 e. The number of hydrogen-bond acceptors (Lipinski definition) is 4. The SMILES string of the molecule is Cc1ccc(CN2CCC([C@H]3C[C@H](C(=O)Nc4ccc(F)cc4)CN3C)CC2)o1. The monoisotopic (exact) mass is 399 g/mol. The zero-order valence-corrected chi connectivity index (χ0v) is 17.2. The number of furan rings is 1. The highest BCUT2D eigenvalue weighted by Gasteiger charge is 2.39. The molecule has 6 heteroatoms. The van der Waals surface area contributed by atoms with Crippen LogP contribution in [-0.2, 0) is 11.3 Å². The van der Waals surface area contributed by atoms with E-state index < -0.39 is 0 Å². The summed E-state index contributed by atoms with van der Waals surface area (Å²) >= 11 is 0. The van der Waals surface area contributed by atoms with Gasteiger partial charge in [-0.15, -0.1) is 0 Å². The molecule has 1 N–H and O–H groups in total.